The first-order chi connectivity index (χ1) is 13.6. The molecule has 1 aliphatic heterocycles. The van der Waals surface area contributed by atoms with E-state index in [1.165, 1.54) is 5.56 Å². The highest BCUT2D eigenvalue weighted by atomic mass is 16.2. The molecule has 0 saturated carbocycles. The Morgan fingerprint density at radius 3 is 2.71 bits per heavy atom. The molecule has 146 valence electrons. The third kappa shape index (κ3) is 3.90. The van der Waals surface area contributed by atoms with Gasteiger partial charge >= 0.3 is 6.03 Å². The number of carbonyl (C=O) groups is 1. The van der Waals surface area contributed by atoms with Crippen molar-refractivity contribution in [3.05, 3.63) is 65.5 Å². The smallest absolute Gasteiger partial charge is 0.317 e. The molecule has 4 rings (SSSR count). The molecule has 0 radical (unpaired) electrons. The Morgan fingerprint density at radius 1 is 1.21 bits per heavy atom. The fourth-order valence-corrected chi connectivity index (χ4v) is 3.55. The molecule has 3 aromatic rings. The minimum Gasteiger partial charge on any atom is -0.331 e. The van der Waals surface area contributed by atoms with Gasteiger partial charge in [-0.25, -0.2) is 4.79 Å². The minimum absolute atomic E-state index is 0.0737. The predicted molar refractivity (Wildman–Crippen MR) is 105 cm³/mol. The maximum absolute atomic E-state index is 12.4. The molecule has 1 saturated heterocycles. The standard InChI is InChI=1S/C20H25N7O/c1-15-10-16(2)27(24-15)18-12-26(13-18)20(28)21-11-19-23-22-14-25(19)9-8-17-6-4-3-5-7-17/h3-7,10,14,18H,8-9,11-13H2,1-2H3,(H,21,28). The summed E-state index contributed by atoms with van der Waals surface area (Å²) in [5, 5.41) is 15.6. The number of aromatic nitrogens is 5. The van der Waals surface area contributed by atoms with Crippen molar-refractivity contribution in [3.8, 4) is 0 Å². The van der Waals surface area contributed by atoms with E-state index in [-0.39, 0.29) is 12.1 Å². The zero-order valence-corrected chi connectivity index (χ0v) is 16.2. The fourth-order valence-electron chi connectivity index (χ4n) is 3.55. The number of likely N-dealkylation sites (tertiary alicyclic amines) is 1. The first-order valence-electron chi connectivity index (χ1n) is 9.56. The van der Waals surface area contributed by atoms with Crippen LogP contribution in [0.5, 0.6) is 0 Å². The van der Waals surface area contributed by atoms with Gasteiger partial charge in [-0.2, -0.15) is 5.10 Å². The number of amides is 2. The van der Waals surface area contributed by atoms with Crippen molar-refractivity contribution in [1.29, 1.82) is 0 Å². The molecule has 1 aliphatic rings. The van der Waals surface area contributed by atoms with Gasteiger partial charge in [0.15, 0.2) is 5.82 Å². The highest BCUT2D eigenvalue weighted by molar-refractivity contribution is 5.75. The number of hydrogen-bond acceptors (Lipinski definition) is 4. The number of nitrogens with one attached hydrogen (secondary N) is 1. The number of carbonyl (C=O) groups excluding carboxylic acids is 1. The lowest BCUT2D eigenvalue weighted by atomic mass is 10.1. The van der Waals surface area contributed by atoms with Crippen molar-refractivity contribution in [2.45, 2.75) is 39.4 Å². The van der Waals surface area contributed by atoms with Crippen LogP contribution in [-0.4, -0.2) is 48.6 Å². The van der Waals surface area contributed by atoms with Gasteiger partial charge in [0.05, 0.1) is 18.3 Å². The van der Waals surface area contributed by atoms with Crippen molar-refractivity contribution < 1.29 is 4.79 Å². The van der Waals surface area contributed by atoms with Crippen LogP contribution >= 0.6 is 0 Å². The molecule has 0 bridgehead atoms. The van der Waals surface area contributed by atoms with Crippen LogP contribution in [0.15, 0.2) is 42.7 Å². The Morgan fingerprint density at radius 2 is 2.00 bits per heavy atom. The van der Waals surface area contributed by atoms with Crippen LogP contribution in [0.2, 0.25) is 0 Å². The van der Waals surface area contributed by atoms with Gasteiger partial charge in [0.2, 0.25) is 0 Å². The van der Waals surface area contributed by atoms with Crippen LogP contribution < -0.4 is 5.32 Å². The van der Waals surface area contributed by atoms with Crippen molar-refractivity contribution in [2.24, 2.45) is 0 Å². The highest BCUT2D eigenvalue weighted by Crippen LogP contribution is 2.22. The summed E-state index contributed by atoms with van der Waals surface area (Å²) in [5.41, 5.74) is 3.41. The van der Waals surface area contributed by atoms with Gasteiger partial charge in [-0.05, 0) is 31.9 Å². The van der Waals surface area contributed by atoms with E-state index in [1.54, 1.807) is 11.2 Å². The van der Waals surface area contributed by atoms with Crippen molar-refractivity contribution in [1.82, 2.24) is 34.8 Å². The van der Waals surface area contributed by atoms with Gasteiger partial charge in [-0.1, -0.05) is 30.3 Å². The highest BCUT2D eigenvalue weighted by Gasteiger charge is 2.33. The summed E-state index contributed by atoms with van der Waals surface area (Å²) in [5.74, 6) is 0.764. The summed E-state index contributed by atoms with van der Waals surface area (Å²) in [6, 6.07) is 12.5. The Kier molecular flexibility index (Phi) is 5.10. The zero-order chi connectivity index (χ0) is 19.5. The molecular weight excluding hydrogens is 354 g/mol. The zero-order valence-electron chi connectivity index (χ0n) is 16.2. The van der Waals surface area contributed by atoms with Crippen LogP contribution in [0, 0.1) is 13.8 Å². The van der Waals surface area contributed by atoms with Gasteiger partial charge in [-0.15, -0.1) is 10.2 Å². The van der Waals surface area contributed by atoms with Crippen molar-refractivity contribution in [2.75, 3.05) is 13.1 Å². The second-order valence-corrected chi connectivity index (χ2v) is 7.27. The molecule has 8 nitrogen and oxygen atoms in total. The second-order valence-electron chi connectivity index (χ2n) is 7.27. The number of rotatable bonds is 6. The summed E-state index contributed by atoms with van der Waals surface area (Å²) >= 11 is 0. The van der Waals surface area contributed by atoms with Crippen LogP contribution in [0.1, 0.15) is 28.8 Å². The first kappa shape index (κ1) is 18.2. The lowest BCUT2D eigenvalue weighted by Crippen LogP contribution is -2.54. The Bertz CT molecular complexity index is 941. The van der Waals surface area contributed by atoms with Crippen molar-refractivity contribution in [3.63, 3.8) is 0 Å². The summed E-state index contributed by atoms with van der Waals surface area (Å²) in [6.07, 6.45) is 2.61. The first-order valence-corrected chi connectivity index (χ1v) is 9.56. The minimum atomic E-state index is -0.0737. The Labute approximate surface area is 164 Å². The molecule has 2 amide bonds. The molecule has 2 aromatic heterocycles. The van der Waals surface area contributed by atoms with Gasteiger partial charge in [0.25, 0.3) is 0 Å². The second kappa shape index (κ2) is 7.84. The van der Waals surface area contributed by atoms with Gasteiger partial charge < -0.3 is 14.8 Å². The normalized spacial score (nSPS) is 14.1. The lowest BCUT2D eigenvalue weighted by molar-refractivity contribution is 0.116. The molecule has 28 heavy (non-hydrogen) atoms. The van der Waals surface area contributed by atoms with Gasteiger partial charge in [0.1, 0.15) is 6.33 Å². The average Bonchev–Trinajstić information content (AvgIpc) is 3.23. The lowest BCUT2D eigenvalue weighted by Gasteiger charge is -2.39. The molecule has 3 heterocycles. The monoisotopic (exact) mass is 379 g/mol. The van der Waals surface area contributed by atoms with E-state index < -0.39 is 0 Å². The van der Waals surface area contributed by atoms with E-state index in [4.69, 9.17) is 0 Å². The van der Waals surface area contributed by atoms with Crippen molar-refractivity contribution >= 4 is 6.03 Å². The number of aryl methyl sites for hydroxylation is 4. The molecule has 0 unspecified atom stereocenters. The largest absolute Gasteiger partial charge is 0.331 e. The van der Waals surface area contributed by atoms with E-state index in [9.17, 15) is 4.79 Å². The topological polar surface area (TPSA) is 80.9 Å². The molecule has 1 N–H and O–H groups in total. The number of urea groups is 1. The van der Waals surface area contributed by atoms with Crippen LogP contribution in [0.25, 0.3) is 0 Å². The van der Waals surface area contributed by atoms with E-state index >= 15 is 0 Å². The van der Waals surface area contributed by atoms with E-state index in [1.807, 2.05) is 41.3 Å². The maximum atomic E-state index is 12.4. The summed E-state index contributed by atoms with van der Waals surface area (Å²) in [6.45, 7) is 6.54. The summed E-state index contributed by atoms with van der Waals surface area (Å²) in [4.78, 5) is 14.2. The molecule has 0 atom stereocenters. The third-order valence-corrected chi connectivity index (χ3v) is 5.12. The third-order valence-electron chi connectivity index (χ3n) is 5.12. The molecule has 0 aliphatic carbocycles. The number of hydrogen-bond donors (Lipinski definition) is 1. The van der Waals surface area contributed by atoms with Gasteiger partial charge in [-0.3, -0.25) is 4.68 Å². The number of benzene rings is 1. The summed E-state index contributed by atoms with van der Waals surface area (Å²) in [7, 11) is 0. The van der Waals surface area contributed by atoms with Crippen LogP contribution in [0.4, 0.5) is 4.79 Å². The molecular formula is C20H25N7O. The molecule has 1 aromatic carbocycles. The van der Waals surface area contributed by atoms with E-state index in [0.29, 0.717) is 19.6 Å². The quantitative estimate of drug-likeness (QED) is 0.711. The number of nitrogens with zero attached hydrogens (tertiary/aromatic N) is 6. The van der Waals surface area contributed by atoms with Crippen LogP contribution in [-0.2, 0) is 19.5 Å². The predicted octanol–water partition coefficient (Wildman–Crippen LogP) is 2.10. The van der Waals surface area contributed by atoms with Crippen LogP contribution in [0.3, 0.4) is 0 Å². The molecule has 1 fully saturated rings. The average molecular weight is 379 g/mol. The van der Waals surface area contributed by atoms with E-state index in [0.717, 1.165) is 30.2 Å². The Balaban J connectivity index is 1.26. The van der Waals surface area contributed by atoms with Gasteiger partial charge in [0, 0.05) is 25.3 Å². The summed E-state index contributed by atoms with van der Waals surface area (Å²) < 4.78 is 4.00. The molecule has 0 spiro atoms. The fraction of sp³-hybridized carbons (Fsp3) is 0.400. The Hall–Kier alpha value is -3.16. The SMILES string of the molecule is Cc1cc(C)n(C2CN(C(=O)NCc3nncn3CCc3ccccc3)C2)n1. The maximum Gasteiger partial charge on any atom is 0.317 e. The van der Waals surface area contributed by atoms with E-state index in [2.05, 4.69) is 38.8 Å². The molecule has 8 heteroatoms.